The molecule has 1 heterocycles. The number of carbonyl (C=O) groups is 1. The van der Waals surface area contributed by atoms with Gasteiger partial charge in [-0.3, -0.25) is 4.79 Å². The molecule has 2 rings (SSSR count). The first kappa shape index (κ1) is 13.8. The molecule has 0 bridgehead atoms. The lowest BCUT2D eigenvalue weighted by molar-refractivity contribution is 0.103. The Bertz CT molecular complexity index is 637. The van der Waals surface area contributed by atoms with Crippen molar-refractivity contribution in [2.75, 3.05) is 5.32 Å². The molecule has 0 fully saturated rings. The molecular formula is C13H11BrN2O2S. The molecule has 2 N–H and O–H groups in total. The van der Waals surface area contributed by atoms with E-state index in [1.54, 1.807) is 31.2 Å². The fourth-order valence-electron chi connectivity index (χ4n) is 1.51. The first-order chi connectivity index (χ1) is 9.10. The molecule has 0 aliphatic heterocycles. The Morgan fingerprint density at radius 3 is 2.79 bits per heavy atom. The van der Waals surface area contributed by atoms with E-state index in [2.05, 4.69) is 26.4 Å². The van der Waals surface area contributed by atoms with E-state index in [1.807, 2.05) is 12.1 Å². The van der Waals surface area contributed by atoms with Crippen LogP contribution in [0.4, 0.5) is 5.69 Å². The Kier molecular flexibility index (Phi) is 4.34. The number of carbonyl (C=O) groups excluding carboxylic acids is 1. The summed E-state index contributed by atoms with van der Waals surface area (Å²) in [5.41, 5.74) is 1.91. The molecule has 0 atom stereocenters. The van der Waals surface area contributed by atoms with Crippen molar-refractivity contribution in [1.29, 1.82) is 0 Å². The summed E-state index contributed by atoms with van der Waals surface area (Å²) in [4.78, 5) is 12.6. The smallest absolute Gasteiger partial charge is 0.265 e. The molecule has 4 nitrogen and oxygen atoms in total. The number of nitrogens with one attached hydrogen (secondary N) is 1. The van der Waals surface area contributed by atoms with Crippen LogP contribution in [-0.4, -0.2) is 16.8 Å². The van der Waals surface area contributed by atoms with Gasteiger partial charge in [-0.2, -0.15) is 0 Å². The SMILES string of the molecule is C/C(=N\O)c1cccc(NC(=O)c2ccc(Br)s2)c1. The summed E-state index contributed by atoms with van der Waals surface area (Å²) in [6.07, 6.45) is 0. The van der Waals surface area contributed by atoms with Crippen LogP contribution in [0.3, 0.4) is 0 Å². The summed E-state index contributed by atoms with van der Waals surface area (Å²) in [5.74, 6) is -0.161. The third kappa shape index (κ3) is 3.42. The maximum Gasteiger partial charge on any atom is 0.265 e. The van der Waals surface area contributed by atoms with Gasteiger partial charge in [0, 0.05) is 11.3 Å². The second kappa shape index (κ2) is 5.99. The van der Waals surface area contributed by atoms with Crippen molar-refractivity contribution in [3.05, 3.63) is 50.6 Å². The summed E-state index contributed by atoms with van der Waals surface area (Å²) in [7, 11) is 0. The van der Waals surface area contributed by atoms with Crippen molar-refractivity contribution < 1.29 is 10.0 Å². The molecule has 1 amide bonds. The summed E-state index contributed by atoms with van der Waals surface area (Å²) in [5, 5.41) is 14.7. The fourth-order valence-corrected chi connectivity index (χ4v) is 2.79. The molecule has 0 radical (unpaired) electrons. The Balaban J connectivity index is 2.17. The number of amides is 1. The molecule has 0 aliphatic carbocycles. The monoisotopic (exact) mass is 338 g/mol. The van der Waals surface area contributed by atoms with Crippen molar-refractivity contribution in [3.63, 3.8) is 0 Å². The predicted octanol–water partition coefficient (Wildman–Crippen LogP) is 3.96. The number of nitrogens with zero attached hydrogens (tertiary/aromatic N) is 1. The van der Waals surface area contributed by atoms with E-state index in [0.29, 0.717) is 16.3 Å². The van der Waals surface area contributed by atoms with Gasteiger partial charge in [0.15, 0.2) is 0 Å². The minimum absolute atomic E-state index is 0.161. The average Bonchev–Trinajstić information content (AvgIpc) is 2.85. The highest BCUT2D eigenvalue weighted by Gasteiger charge is 2.09. The number of rotatable bonds is 3. The van der Waals surface area contributed by atoms with Gasteiger partial charge in [-0.25, -0.2) is 0 Å². The van der Waals surface area contributed by atoms with Gasteiger partial charge in [0.2, 0.25) is 0 Å². The van der Waals surface area contributed by atoms with Crippen molar-refractivity contribution in [2.24, 2.45) is 5.16 Å². The van der Waals surface area contributed by atoms with Gasteiger partial charge in [-0.05, 0) is 47.1 Å². The van der Waals surface area contributed by atoms with Crippen LogP contribution in [0.5, 0.6) is 0 Å². The first-order valence-corrected chi connectivity index (χ1v) is 7.07. The number of oxime groups is 1. The van der Waals surface area contributed by atoms with E-state index in [1.165, 1.54) is 11.3 Å². The molecule has 19 heavy (non-hydrogen) atoms. The average molecular weight is 339 g/mol. The van der Waals surface area contributed by atoms with Crippen molar-refractivity contribution in [1.82, 2.24) is 0 Å². The van der Waals surface area contributed by atoms with E-state index in [9.17, 15) is 4.79 Å². The van der Waals surface area contributed by atoms with Crippen LogP contribution in [0.15, 0.2) is 45.3 Å². The van der Waals surface area contributed by atoms with Crippen LogP contribution in [0.1, 0.15) is 22.2 Å². The molecule has 2 aromatic rings. The van der Waals surface area contributed by atoms with Gasteiger partial charge >= 0.3 is 0 Å². The third-order valence-electron chi connectivity index (χ3n) is 2.49. The van der Waals surface area contributed by atoms with Gasteiger partial charge in [0.25, 0.3) is 5.91 Å². The zero-order chi connectivity index (χ0) is 13.8. The number of hydrogen-bond acceptors (Lipinski definition) is 4. The van der Waals surface area contributed by atoms with Crippen LogP contribution >= 0.6 is 27.3 Å². The number of benzene rings is 1. The topological polar surface area (TPSA) is 61.7 Å². The molecule has 0 saturated heterocycles. The highest BCUT2D eigenvalue weighted by Crippen LogP contribution is 2.23. The molecule has 0 saturated carbocycles. The first-order valence-electron chi connectivity index (χ1n) is 5.46. The lowest BCUT2D eigenvalue weighted by Gasteiger charge is -2.05. The largest absolute Gasteiger partial charge is 0.411 e. The van der Waals surface area contributed by atoms with Gasteiger partial charge in [-0.15, -0.1) is 11.3 Å². The zero-order valence-corrected chi connectivity index (χ0v) is 12.5. The van der Waals surface area contributed by atoms with E-state index >= 15 is 0 Å². The van der Waals surface area contributed by atoms with Gasteiger partial charge in [0.05, 0.1) is 14.4 Å². The quantitative estimate of drug-likeness (QED) is 0.505. The molecule has 0 spiro atoms. The van der Waals surface area contributed by atoms with Crippen LogP contribution in [0.2, 0.25) is 0 Å². The van der Waals surface area contributed by atoms with Gasteiger partial charge in [-0.1, -0.05) is 17.3 Å². The second-order valence-corrected chi connectivity index (χ2v) is 6.29. The molecule has 1 aromatic carbocycles. The number of hydrogen-bond donors (Lipinski definition) is 2. The van der Waals surface area contributed by atoms with E-state index in [0.717, 1.165) is 9.35 Å². The molecule has 6 heteroatoms. The third-order valence-corrected chi connectivity index (χ3v) is 4.11. The maximum atomic E-state index is 12.0. The second-order valence-electron chi connectivity index (χ2n) is 3.82. The highest BCUT2D eigenvalue weighted by molar-refractivity contribution is 9.11. The van der Waals surface area contributed by atoms with Crippen LogP contribution in [0, 0.1) is 0 Å². The van der Waals surface area contributed by atoms with Crippen molar-refractivity contribution >= 4 is 44.6 Å². The molecule has 98 valence electrons. The van der Waals surface area contributed by atoms with E-state index in [-0.39, 0.29) is 5.91 Å². The standard InChI is InChI=1S/C13H11BrN2O2S/c1-8(16-18)9-3-2-4-10(7-9)15-13(17)11-5-6-12(14)19-11/h2-7,18H,1H3,(H,15,17)/b16-8+. The lowest BCUT2D eigenvalue weighted by atomic mass is 10.1. The van der Waals surface area contributed by atoms with Crippen LogP contribution in [0.25, 0.3) is 0 Å². The Morgan fingerprint density at radius 2 is 2.16 bits per heavy atom. The van der Waals surface area contributed by atoms with Crippen molar-refractivity contribution in [2.45, 2.75) is 6.92 Å². The minimum Gasteiger partial charge on any atom is -0.411 e. The molecule has 1 aromatic heterocycles. The van der Waals surface area contributed by atoms with Gasteiger partial charge in [0.1, 0.15) is 0 Å². The fraction of sp³-hybridized carbons (Fsp3) is 0.0769. The Hall–Kier alpha value is -1.66. The van der Waals surface area contributed by atoms with E-state index < -0.39 is 0 Å². The minimum atomic E-state index is -0.161. The molecular weight excluding hydrogens is 328 g/mol. The predicted molar refractivity (Wildman–Crippen MR) is 80.4 cm³/mol. The number of halogens is 1. The lowest BCUT2D eigenvalue weighted by Crippen LogP contribution is -2.10. The van der Waals surface area contributed by atoms with Crippen LogP contribution in [-0.2, 0) is 0 Å². The number of thiophene rings is 1. The maximum absolute atomic E-state index is 12.0. The number of anilines is 1. The van der Waals surface area contributed by atoms with Crippen LogP contribution < -0.4 is 5.32 Å². The summed E-state index contributed by atoms with van der Waals surface area (Å²) in [6.45, 7) is 1.69. The van der Waals surface area contributed by atoms with Crippen molar-refractivity contribution in [3.8, 4) is 0 Å². The zero-order valence-electron chi connectivity index (χ0n) is 10.1. The molecule has 0 aliphatic rings. The Morgan fingerprint density at radius 1 is 1.37 bits per heavy atom. The summed E-state index contributed by atoms with van der Waals surface area (Å²) < 4.78 is 0.912. The van der Waals surface area contributed by atoms with Gasteiger partial charge < -0.3 is 10.5 Å². The summed E-state index contributed by atoms with van der Waals surface area (Å²) in [6, 6.07) is 10.7. The molecule has 0 unspecified atom stereocenters. The van der Waals surface area contributed by atoms with E-state index in [4.69, 9.17) is 5.21 Å². The highest BCUT2D eigenvalue weighted by atomic mass is 79.9. The Labute approximate surface area is 122 Å². The normalized spacial score (nSPS) is 11.4. The summed E-state index contributed by atoms with van der Waals surface area (Å²) >= 11 is 4.69.